The van der Waals surface area contributed by atoms with Crippen LogP contribution in [0.1, 0.15) is 58.8 Å². The molecule has 0 spiro atoms. The molecule has 2 aromatic carbocycles. The molecule has 3 heterocycles. The minimum Gasteiger partial charge on any atom is -0.481 e. The van der Waals surface area contributed by atoms with Gasteiger partial charge in [-0.3, -0.25) is 9.59 Å². The number of H-pyrrole nitrogens is 1. The Hall–Kier alpha value is -3.69. The second kappa shape index (κ2) is 10.2. The second-order valence-corrected chi connectivity index (χ2v) is 11.9. The predicted molar refractivity (Wildman–Crippen MR) is 146 cm³/mol. The number of nitrogens with one attached hydrogen (secondary N) is 3. The molecule has 0 radical (unpaired) electrons. The molecule has 0 saturated carbocycles. The molecule has 1 fully saturated rings. The van der Waals surface area contributed by atoms with Gasteiger partial charge in [-0.1, -0.05) is 29.8 Å². The van der Waals surface area contributed by atoms with E-state index in [0.29, 0.717) is 28.4 Å². The zero-order valence-electron chi connectivity index (χ0n) is 21.4. The highest BCUT2D eigenvalue weighted by molar-refractivity contribution is 7.91. The number of carboxylic acid groups (broad SMARTS) is 1. The van der Waals surface area contributed by atoms with Crippen molar-refractivity contribution in [2.45, 2.75) is 55.2 Å². The number of sulfone groups is 1. The Kier molecular flexibility index (Phi) is 6.98. The van der Waals surface area contributed by atoms with Gasteiger partial charge in [-0.15, -0.1) is 0 Å². The van der Waals surface area contributed by atoms with E-state index in [0.717, 1.165) is 48.3 Å². The van der Waals surface area contributed by atoms with E-state index >= 15 is 0 Å². The van der Waals surface area contributed by atoms with Crippen molar-refractivity contribution in [3.63, 3.8) is 0 Å². The van der Waals surface area contributed by atoms with Gasteiger partial charge in [0.2, 0.25) is 9.84 Å². The first-order valence-corrected chi connectivity index (χ1v) is 14.3. The lowest BCUT2D eigenvalue weighted by molar-refractivity contribution is -0.137. The molecule has 1 aromatic heterocycles. The van der Waals surface area contributed by atoms with Crippen LogP contribution in [-0.2, 0) is 25.8 Å². The molecule has 38 heavy (non-hydrogen) atoms. The molecule has 4 N–H and O–H groups in total. The van der Waals surface area contributed by atoms with Gasteiger partial charge >= 0.3 is 5.97 Å². The third-order valence-corrected chi connectivity index (χ3v) is 9.36. The SMILES string of the molecule is Cc1ccc(S(=O)(=O)c2c(C)[nH]c(/C=C3\C(=O)Nc4cccc(C5CCNCC5)c43)c2CCC(=O)O)cc1. The number of piperidine rings is 1. The maximum Gasteiger partial charge on any atom is 0.303 e. The molecular formula is C29H31N3O5S. The van der Waals surface area contributed by atoms with E-state index in [4.69, 9.17) is 0 Å². The number of aryl methyl sites for hydroxylation is 2. The van der Waals surface area contributed by atoms with Crippen molar-refractivity contribution in [1.29, 1.82) is 0 Å². The lowest BCUT2D eigenvalue weighted by Gasteiger charge is -2.25. The minimum atomic E-state index is -3.94. The number of carboxylic acids is 1. The maximum absolute atomic E-state index is 13.7. The van der Waals surface area contributed by atoms with Gasteiger partial charge in [0.05, 0.1) is 15.4 Å². The van der Waals surface area contributed by atoms with Crippen LogP contribution < -0.4 is 10.6 Å². The van der Waals surface area contributed by atoms with Crippen molar-refractivity contribution in [2.24, 2.45) is 0 Å². The van der Waals surface area contributed by atoms with Crippen LogP contribution in [0.2, 0.25) is 0 Å². The number of benzene rings is 2. The number of carbonyl (C=O) groups excluding carboxylic acids is 1. The molecule has 2 aliphatic rings. The Balaban J connectivity index is 1.66. The predicted octanol–water partition coefficient (Wildman–Crippen LogP) is 4.44. The monoisotopic (exact) mass is 533 g/mol. The molecule has 5 rings (SSSR count). The summed E-state index contributed by atoms with van der Waals surface area (Å²) < 4.78 is 27.5. The molecule has 0 bridgehead atoms. The molecule has 8 nitrogen and oxygen atoms in total. The van der Waals surface area contributed by atoms with Crippen LogP contribution in [0.4, 0.5) is 5.69 Å². The molecule has 9 heteroatoms. The number of anilines is 1. The van der Waals surface area contributed by atoms with Gasteiger partial charge in [0, 0.05) is 29.1 Å². The molecule has 0 aliphatic carbocycles. The van der Waals surface area contributed by atoms with E-state index in [1.165, 1.54) is 0 Å². The Labute approximate surface area is 222 Å². The van der Waals surface area contributed by atoms with Gasteiger partial charge in [-0.05, 0) is 87.5 Å². The number of aliphatic carboxylic acids is 1. The van der Waals surface area contributed by atoms with Crippen molar-refractivity contribution in [2.75, 3.05) is 18.4 Å². The standard InChI is InChI=1S/C29H31N3O5S/c1-17-6-8-20(9-7-17)38(36,37)28-18(2)31-25(22(28)10-11-26(33)34)16-23-27-21(19-12-14-30-15-13-19)4-3-5-24(27)32-29(23)35/h3-9,16,19,30-31H,10-15H2,1-2H3,(H,32,35)(H,33,34)/b23-16-. The molecule has 1 amide bonds. The summed E-state index contributed by atoms with van der Waals surface area (Å²) in [5.41, 5.74) is 5.27. The van der Waals surface area contributed by atoms with Gasteiger partial charge < -0.3 is 20.7 Å². The summed E-state index contributed by atoms with van der Waals surface area (Å²) in [5.74, 6) is -0.990. The summed E-state index contributed by atoms with van der Waals surface area (Å²) in [4.78, 5) is 28.0. The zero-order chi connectivity index (χ0) is 27.0. The summed E-state index contributed by atoms with van der Waals surface area (Å²) in [6.45, 7) is 5.36. The third kappa shape index (κ3) is 4.79. The van der Waals surface area contributed by atoms with Gasteiger partial charge in [0.1, 0.15) is 0 Å². The summed E-state index contributed by atoms with van der Waals surface area (Å²) in [6, 6.07) is 12.5. The first kappa shape index (κ1) is 25.9. The van der Waals surface area contributed by atoms with E-state index in [1.807, 2.05) is 19.1 Å². The summed E-state index contributed by atoms with van der Waals surface area (Å²) in [7, 11) is -3.94. The zero-order valence-corrected chi connectivity index (χ0v) is 22.2. The van der Waals surface area contributed by atoms with E-state index in [2.05, 4.69) is 21.7 Å². The van der Waals surface area contributed by atoms with Crippen molar-refractivity contribution in [3.8, 4) is 0 Å². The topological polar surface area (TPSA) is 128 Å². The number of fused-ring (bicyclic) bond motifs is 1. The largest absolute Gasteiger partial charge is 0.481 e. The van der Waals surface area contributed by atoms with Crippen LogP contribution in [-0.4, -0.2) is 43.5 Å². The number of hydrogen-bond donors (Lipinski definition) is 4. The highest BCUT2D eigenvalue weighted by Crippen LogP contribution is 2.42. The summed E-state index contributed by atoms with van der Waals surface area (Å²) >= 11 is 0. The fraction of sp³-hybridized carbons (Fsp3) is 0.310. The van der Waals surface area contributed by atoms with Crippen LogP contribution in [0.3, 0.4) is 0 Å². The number of aromatic amines is 1. The van der Waals surface area contributed by atoms with Crippen molar-refractivity contribution in [3.05, 3.63) is 76.1 Å². The van der Waals surface area contributed by atoms with Crippen molar-refractivity contribution in [1.82, 2.24) is 10.3 Å². The van der Waals surface area contributed by atoms with Gasteiger partial charge in [-0.2, -0.15) is 0 Å². The second-order valence-electron chi connectivity index (χ2n) is 9.99. The van der Waals surface area contributed by atoms with Gasteiger partial charge in [0.15, 0.2) is 0 Å². The third-order valence-electron chi connectivity index (χ3n) is 7.38. The Morgan fingerprint density at radius 1 is 1.08 bits per heavy atom. The fourth-order valence-corrected chi connectivity index (χ4v) is 7.24. The highest BCUT2D eigenvalue weighted by atomic mass is 32.2. The molecular weight excluding hydrogens is 502 g/mol. The van der Waals surface area contributed by atoms with Crippen LogP contribution in [0.15, 0.2) is 52.3 Å². The molecule has 1 saturated heterocycles. The number of carbonyl (C=O) groups is 2. The lowest BCUT2D eigenvalue weighted by Crippen LogP contribution is -2.27. The molecule has 3 aromatic rings. The number of rotatable bonds is 7. The van der Waals surface area contributed by atoms with E-state index in [9.17, 15) is 23.1 Å². The molecule has 2 aliphatic heterocycles. The van der Waals surface area contributed by atoms with Crippen molar-refractivity contribution >= 4 is 39.1 Å². The van der Waals surface area contributed by atoms with E-state index < -0.39 is 15.8 Å². The van der Waals surface area contributed by atoms with Crippen molar-refractivity contribution < 1.29 is 23.1 Å². The smallest absolute Gasteiger partial charge is 0.303 e. The minimum absolute atomic E-state index is 0.00360. The number of amides is 1. The van der Waals surface area contributed by atoms with E-state index in [-0.39, 0.29) is 28.5 Å². The van der Waals surface area contributed by atoms with Crippen LogP contribution in [0.5, 0.6) is 0 Å². The molecule has 0 atom stereocenters. The Morgan fingerprint density at radius 2 is 1.79 bits per heavy atom. The van der Waals surface area contributed by atoms with Crippen LogP contribution in [0.25, 0.3) is 11.6 Å². The quantitative estimate of drug-likeness (QED) is 0.333. The normalized spacial score (nSPS) is 17.0. The average molecular weight is 534 g/mol. The first-order valence-electron chi connectivity index (χ1n) is 12.8. The first-order chi connectivity index (χ1) is 18.2. The Bertz CT molecular complexity index is 1550. The number of hydrogen-bond acceptors (Lipinski definition) is 5. The Morgan fingerprint density at radius 3 is 2.47 bits per heavy atom. The fourth-order valence-electron chi connectivity index (χ4n) is 5.52. The van der Waals surface area contributed by atoms with Gasteiger partial charge in [0.25, 0.3) is 5.91 Å². The van der Waals surface area contributed by atoms with Crippen LogP contribution >= 0.6 is 0 Å². The number of aromatic nitrogens is 1. The summed E-state index contributed by atoms with van der Waals surface area (Å²) in [5, 5.41) is 15.7. The average Bonchev–Trinajstić information content (AvgIpc) is 3.39. The molecule has 198 valence electrons. The molecule has 0 unspecified atom stereocenters. The highest BCUT2D eigenvalue weighted by Gasteiger charge is 2.32. The summed E-state index contributed by atoms with van der Waals surface area (Å²) in [6.07, 6.45) is 3.37. The van der Waals surface area contributed by atoms with Gasteiger partial charge in [-0.25, -0.2) is 8.42 Å². The van der Waals surface area contributed by atoms with Crippen LogP contribution in [0, 0.1) is 13.8 Å². The van der Waals surface area contributed by atoms with E-state index in [1.54, 1.807) is 37.3 Å². The lowest BCUT2D eigenvalue weighted by atomic mass is 9.85. The maximum atomic E-state index is 13.7.